The van der Waals surface area contributed by atoms with Crippen molar-refractivity contribution in [2.75, 3.05) is 12.4 Å². The Hall–Kier alpha value is -2.62. The molecule has 1 N–H and O–H groups in total. The van der Waals surface area contributed by atoms with Crippen molar-refractivity contribution in [3.05, 3.63) is 33.6 Å². The number of carbonyl (C=O) groups is 1. The molecule has 1 rings (SSSR count). The first-order valence-electron chi connectivity index (χ1n) is 6.23. The van der Waals surface area contributed by atoms with Crippen LogP contribution in [0.2, 0.25) is 0 Å². The van der Waals surface area contributed by atoms with Crippen molar-refractivity contribution in [2.24, 2.45) is 0 Å². The molecule has 0 saturated heterocycles. The zero-order chi connectivity index (χ0) is 16.0. The maximum atomic E-state index is 13.7. The first-order chi connectivity index (χ1) is 9.94. The predicted molar refractivity (Wildman–Crippen MR) is 75.5 cm³/mol. The molecule has 0 spiro atoms. The summed E-state index contributed by atoms with van der Waals surface area (Å²) in [5.74, 6) is 0.511. The van der Waals surface area contributed by atoms with Gasteiger partial charge in [-0.25, -0.2) is 9.18 Å². The summed E-state index contributed by atoms with van der Waals surface area (Å²) in [6, 6.07) is 1.26. The molecule has 112 valence electrons. The van der Waals surface area contributed by atoms with Crippen molar-refractivity contribution < 1.29 is 18.8 Å². The molecular weight excluding hydrogens is 279 g/mol. The third-order valence-corrected chi connectivity index (χ3v) is 2.80. The van der Waals surface area contributed by atoms with E-state index in [1.807, 2.05) is 6.92 Å². The van der Waals surface area contributed by atoms with Crippen molar-refractivity contribution >= 4 is 17.3 Å². The van der Waals surface area contributed by atoms with Gasteiger partial charge >= 0.3 is 5.97 Å². The van der Waals surface area contributed by atoms with E-state index in [4.69, 9.17) is 6.42 Å². The minimum absolute atomic E-state index is 0.0156. The Morgan fingerprint density at radius 3 is 2.76 bits per heavy atom. The number of nitro groups is 1. The van der Waals surface area contributed by atoms with Gasteiger partial charge in [-0.2, -0.15) is 0 Å². The van der Waals surface area contributed by atoms with Gasteiger partial charge in [-0.1, -0.05) is 19.3 Å². The second-order valence-corrected chi connectivity index (χ2v) is 4.25. The van der Waals surface area contributed by atoms with Crippen LogP contribution in [0.3, 0.4) is 0 Å². The van der Waals surface area contributed by atoms with E-state index in [2.05, 4.69) is 16.0 Å². The van der Waals surface area contributed by atoms with E-state index in [0.29, 0.717) is 12.5 Å². The topological polar surface area (TPSA) is 81.5 Å². The highest BCUT2D eigenvalue weighted by Crippen LogP contribution is 2.29. The van der Waals surface area contributed by atoms with Crippen LogP contribution in [0, 0.1) is 28.3 Å². The number of carbonyl (C=O) groups excluding carboxylic acids is 1. The van der Waals surface area contributed by atoms with Crippen LogP contribution < -0.4 is 5.32 Å². The Labute approximate surface area is 121 Å². The molecule has 1 unspecified atom stereocenters. The number of rotatable bonds is 6. The van der Waals surface area contributed by atoms with Gasteiger partial charge in [0.05, 0.1) is 29.7 Å². The molecule has 0 aliphatic carbocycles. The van der Waals surface area contributed by atoms with Crippen LogP contribution in [0.4, 0.5) is 15.8 Å². The Balaban J connectivity index is 3.29. The lowest BCUT2D eigenvalue weighted by molar-refractivity contribution is -0.384. The molecule has 0 saturated carbocycles. The average Bonchev–Trinajstić information content (AvgIpc) is 2.46. The number of nitrogens with one attached hydrogen (secondary N) is 1. The van der Waals surface area contributed by atoms with Crippen molar-refractivity contribution in [3.63, 3.8) is 0 Å². The van der Waals surface area contributed by atoms with E-state index < -0.39 is 34.0 Å². The minimum Gasteiger partial charge on any atom is -0.465 e. The summed E-state index contributed by atoms with van der Waals surface area (Å²) in [5.41, 5.74) is -0.896. The molecule has 0 amide bonds. The van der Waals surface area contributed by atoms with Crippen molar-refractivity contribution in [1.82, 2.24) is 0 Å². The van der Waals surface area contributed by atoms with Gasteiger partial charge in [0, 0.05) is 0 Å². The summed E-state index contributed by atoms with van der Waals surface area (Å²) < 4.78 is 18.2. The van der Waals surface area contributed by atoms with Crippen molar-refractivity contribution in [3.8, 4) is 12.3 Å². The lowest BCUT2D eigenvalue weighted by Crippen LogP contribution is -2.18. The van der Waals surface area contributed by atoms with Gasteiger partial charge in [0.1, 0.15) is 11.5 Å². The third kappa shape index (κ3) is 3.92. The minimum atomic E-state index is -1.02. The quantitative estimate of drug-likeness (QED) is 0.377. The molecule has 1 aromatic rings. The number of methoxy groups -OCH3 is 1. The fraction of sp³-hybridized carbons (Fsp3) is 0.357. The van der Waals surface area contributed by atoms with E-state index in [1.165, 1.54) is 0 Å². The smallest absolute Gasteiger partial charge is 0.340 e. The fourth-order valence-corrected chi connectivity index (χ4v) is 1.77. The van der Waals surface area contributed by atoms with Gasteiger partial charge in [-0.15, -0.1) is 6.42 Å². The molecule has 0 radical (unpaired) electrons. The number of nitro benzene ring substituents is 1. The fourth-order valence-electron chi connectivity index (χ4n) is 1.77. The summed E-state index contributed by atoms with van der Waals surface area (Å²) in [6.07, 6.45) is 6.69. The molecule has 1 atom stereocenters. The maximum Gasteiger partial charge on any atom is 0.340 e. The molecule has 0 aromatic heterocycles. The number of anilines is 1. The van der Waals surface area contributed by atoms with E-state index >= 15 is 0 Å². The van der Waals surface area contributed by atoms with Crippen molar-refractivity contribution in [2.45, 2.75) is 25.8 Å². The number of halogens is 1. The molecule has 1 aromatic carbocycles. The van der Waals surface area contributed by atoms with Crippen LogP contribution in [0.15, 0.2) is 12.1 Å². The van der Waals surface area contributed by atoms with Crippen LogP contribution >= 0.6 is 0 Å². The highest BCUT2D eigenvalue weighted by atomic mass is 19.1. The molecular formula is C14H15FN2O4. The Morgan fingerprint density at radius 1 is 1.62 bits per heavy atom. The summed E-state index contributed by atoms with van der Waals surface area (Å²) in [5, 5.41) is 13.8. The normalized spacial score (nSPS) is 11.3. The zero-order valence-electron chi connectivity index (χ0n) is 11.7. The Kier molecular flexibility index (Phi) is 5.67. The molecule has 6 nitrogen and oxygen atoms in total. The number of terminal acetylenes is 1. The van der Waals surface area contributed by atoms with Crippen LogP contribution in [-0.2, 0) is 4.74 Å². The molecule has 0 fully saturated rings. The maximum absolute atomic E-state index is 13.7. The van der Waals surface area contributed by atoms with Gasteiger partial charge in [-0.3, -0.25) is 10.1 Å². The number of nitrogens with zero attached hydrogens (tertiary/aromatic N) is 1. The van der Waals surface area contributed by atoms with Gasteiger partial charge in [0.15, 0.2) is 0 Å². The summed E-state index contributed by atoms with van der Waals surface area (Å²) in [6.45, 7) is 1.91. The SMILES string of the molecule is C#CC(CCC)Nc1cc(C(=O)OC)c(F)cc1[N+](=O)[O-]. The van der Waals surface area contributed by atoms with Gasteiger partial charge in [-0.05, 0) is 12.5 Å². The molecule has 0 aliphatic heterocycles. The molecule has 0 heterocycles. The average molecular weight is 294 g/mol. The summed E-state index contributed by atoms with van der Waals surface area (Å²) >= 11 is 0. The van der Waals surface area contributed by atoms with Gasteiger partial charge < -0.3 is 10.1 Å². The first-order valence-corrected chi connectivity index (χ1v) is 6.23. The number of esters is 1. The van der Waals surface area contributed by atoms with E-state index in [1.54, 1.807) is 0 Å². The lowest BCUT2D eigenvalue weighted by Gasteiger charge is -2.14. The van der Waals surface area contributed by atoms with Gasteiger partial charge in [0.25, 0.3) is 5.69 Å². The highest BCUT2D eigenvalue weighted by molar-refractivity contribution is 5.92. The Morgan fingerprint density at radius 2 is 2.29 bits per heavy atom. The zero-order valence-corrected chi connectivity index (χ0v) is 11.7. The molecule has 0 aliphatic rings. The largest absolute Gasteiger partial charge is 0.465 e. The van der Waals surface area contributed by atoms with Crippen LogP contribution in [-0.4, -0.2) is 24.0 Å². The van der Waals surface area contributed by atoms with Gasteiger partial charge in [0.2, 0.25) is 0 Å². The first kappa shape index (κ1) is 16.4. The second-order valence-electron chi connectivity index (χ2n) is 4.25. The molecule has 21 heavy (non-hydrogen) atoms. The van der Waals surface area contributed by atoms with Crippen LogP contribution in [0.25, 0.3) is 0 Å². The van der Waals surface area contributed by atoms with E-state index in [9.17, 15) is 19.3 Å². The number of hydrogen-bond acceptors (Lipinski definition) is 5. The van der Waals surface area contributed by atoms with E-state index in [0.717, 1.165) is 19.6 Å². The number of benzene rings is 1. The number of ether oxygens (including phenoxy) is 1. The summed E-state index contributed by atoms with van der Waals surface area (Å²) in [4.78, 5) is 21.7. The van der Waals surface area contributed by atoms with Crippen LogP contribution in [0.5, 0.6) is 0 Å². The number of hydrogen-bond donors (Lipinski definition) is 1. The lowest BCUT2D eigenvalue weighted by atomic mass is 10.1. The second kappa shape index (κ2) is 7.24. The monoisotopic (exact) mass is 294 g/mol. The third-order valence-electron chi connectivity index (χ3n) is 2.80. The predicted octanol–water partition coefficient (Wildman–Crippen LogP) is 2.73. The van der Waals surface area contributed by atoms with E-state index in [-0.39, 0.29) is 5.69 Å². The van der Waals surface area contributed by atoms with Crippen LogP contribution in [0.1, 0.15) is 30.1 Å². The highest BCUT2D eigenvalue weighted by Gasteiger charge is 2.23. The molecule has 0 bridgehead atoms. The molecule has 7 heteroatoms. The standard InChI is InChI=1S/C14H15FN2O4/c1-4-6-9(5-2)16-12-7-10(14(18)21-3)11(15)8-13(12)17(19)20/h2,7-9,16H,4,6H2,1,3H3. The van der Waals surface area contributed by atoms with Crippen molar-refractivity contribution in [1.29, 1.82) is 0 Å². The Bertz CT molecular complexity index is 595. The summed E-state index contributed by atoms with van der Waals surface area (Å²) in [7, 11) is 1.09.